The minimum atomic E-state index is -0.536. The Balaban J connectivity index is 2.25. The fourth-order valence-corrected chi connectivity index (χ4v) is 1.93. The van der Waals surface area contributed by atoms with Gasteiger partial charge in [-0.3, -0.25) is 10.1 Å². The van der Waals surface area contributed by atoms with Crippen molar-refractivity contribution < 1.29 is 14.1 Å². The lowest BCUT2D eigenvalue weighted by atomic mass is 10.2. The molecule has 0 unspecified atom stereocenters. The van der Waals surface area contributed by atoms with Gasteiger partial charge in [-0.2, -0.15) is 0 Å². The highest BCUT2D eigenvalue weighted by molar-refractivity contribution is 6.31. The minimum Gasteiger partial charge on any atom is -0.482 e. The van der Waals surface area contributed by atoms with Gasteiger partial charge in [-0.1, -0.05) is 23.7 Å². The smallest absolute Gasteiger partial charge is 0.311 e. The highest BCUT2D eigenvalue weighted by atomic mass is 35.5. The zero-order valence-corrected chi connectivity index (χ0v) is 11.4. The van der Waals surface area contributed by atoms with Crippen molar-refractivity contribution in [3.63, 3.8) is 0 Å². The monoisotopic (exact) mass is 295 g/mol. The lowest BCUT2D eigenvalue weighted by Crippen LogP contribution is -2.02. The van der Waals surface area contributed by atoms with Crippen molar-refractivity contribution in [2.24, 2.45) is 0 Å². The van der Waals surface area contributed by atoms with E-state index >= 15 is 0 Å². The third kappa shape index (κ3) is 3.05. The molecular weight excluding hydrogens is 285 g/mol. The summed E-state index contributed by atoms with van der Waals surface area (Å²) < 4.78 is 18.9. The molecule has 0 aliphatic heterocycles. The first-order valence-corrected chi connectivity index (χ1v) is 6.17. The SMILES string of the molecule is Cc1ccc(OCc2c(F)cccc2Cl)c([N+](=O)[O-])c1. The van der Waals surface area contributed by atoms with E-state index in [0.717, 1.165) is 5.56 Å². The molecule has 0 radical (unpaired) electrons. The van der Waals surface area contributed by atoms with Crippen LogP contribution in [0.2, 0.25) is 5.02 Å². The predicted octanol–water partition coefficient (Wildman–Crippen LogP) is 4.27. The number of hydrogen-bond acceptors (Lipinski definition) is 3. The fourth-order valence-electron chi connectivity index (χ4n) is 1.71. The summed E-state index contributed by atoms with van der Waals surface area (Å²) in [6.45, 7) is 1.57. The molecule has 0 saturated carbocycles. The highest BCUT2D eigenvalue weighted by Crippen LogP contribution is 2.29. The van der Waals surface area contributed by atoms with E-state index in [-0.39, 0.29) is 28.6 Å². The van der Waals surface area contributed by atoms with Gasteiger partial charge < -0.3 is 4.74 Å². The van der Waals surface area contributed by atoms with Gasteiger partial charge in [0.2, 0.25) is 0 Å². The number of aryl methyl sites for hydroxylation is 1. The summed E-state index contributed by atoms with van der Waals surface area (Å²) in [6, 6.07) is 8.85. The van der Waals surface area contributed by atoms with Crippen LogP contribution in [0.1, 0.15) is 11.1 Å². The Hall–Kier alpha value is -2.14. The molecule has 0 aromatic heterocycles. The Morgan fingerprint density at radius 3 is 2.75 bits per heavy atom. The average molecular weight is 296 g/mol. The summed E-state index contributed by atoms with van der Waals surface area (Å²) in [5.41, 5.74) is 0.759. The molecule has 20 heavy (non-hydrogen) atoms. The molecule has 0 aliphatic carbocycles. The van der Waals surface area contributed by atoms with Crippen LogP contribution in [0.4, 0.5) is 10.1 Å². The number of hydrogen-bond donors (Lipinski definition) is 0. The molecule has 0 fully saturated rings. The second kappa shape index (κ2) is 5.88. The van der Waals surface area contributed by atoms with Gasteiger partial charge in [-0.15, -0.1) is 0 Å². The number of benzene rings is 2. The zero-order chi connectivity index (χ0) is 14.7. The van der Waals surface area contributed by atoms with Gasteiger partial charge in [-0.25, -0.2) is 4.39 Å². The Morgan fingerprint density at radius 2 is 2.10 bits per heavy atom. The van der Waals surface area contributed by atoms with Gasteiger partial charge in [0.1, 0.15) is 12.4 Å². The molecule has 0 aliphatic rings. The van der Waals surface area contributed by atoms with Crippen molar-refractivity contribution in [1.82, 2.24) is 0 Å². The molecule has 0 N–H and O–H groups in total. The summed E-state index contributed by atoms with van der Waals surface area (Å²) in [5, 5.41) is 11.2. The Morgan fingerprint density at radius 1 is 1.35 bits per heavy atom. The quantitative estimate of drug-likeness (QED) is 0.625. The molecule has 4 nitrogen and oxygen atoms in total. The second-order valence-electron chi connectivity index (χ2n) is 4.22. The molecule has 6 heteroatoms. The van der Waals surface area contributed by atoms with E-state index in [1.165, 1.54) is 30.3 Å². The Labute approximate surface area is 119 Å². The average Bonchev–Trinajstić information content (AvgIpc) is 2.39. The number of nitrogens with zero attached hydrogens (tertiary/aromatic N) is 1. The number of halogens is 2. The third-order valence-electron chi connectivity index (χ3n) is 2.74. The van der Waals surface area contributed by atoms with Crippen molar-refractivity contribution in [1.29, 1.82) is 0 Å². The number of nitro groups is 1. The number of rotatable bonds is 4. The van der Waals surface area contributed by atoms with E-state index in [1.807, 2.05) is 0 Å². The Kier molecular flexibility index (Phi) is 4.20. The summed E-state index contributed by atoms with van der Waals surface area (Å²) in [7, 11) is 0. The third-order valence-corrected chi connectivity index (χ3v) is 3.10. The Bertz CT molecular complexity index is 641. The highest BCUT2D eigenvalue weighted by Gasteiger charge is 2.16. The summed E-state index contributed by atoms with van der Waals surface area (Å²) in [4.78, 5) is 10.4. The van der Waals surface area contributed by atoms with E-state index in [9.17, 15) is 14.5 Å². The molecule has 0 heterocycles. The number of nitro benzene ring substituents is 1. The molecule has 0 spiro atoms. The van der Waals surface area contributed by atoms with Crippen LogP contribution in [0.3, 0.4) is 0 Å². The maximum Gasteiger partial charge on any atom is 0.311 e. The van der Waals surface area contributed by atoms with Crippen LogP contribution >= 0.6 is 11.6 Å². The first-order chi connectivity index (χ1) is 9.49. The normalized spacial score (nSPS) is 10.3. The van der Waals surface area contributed by atoms with Gasteiger partial charge in [0.25, 0.3) is 0 Å². The van der Waals surface area contributed by atoms with Gasteiger partial charge in [-0.05, 0) is 30.7 Å². The largest absolute Gasteiger partial charge is 0.482 e. The maximum absolute atomic E-state index is 13.6. The summed E-state index contributed by atoms with van der Waals surface area (Å²) >= 11 is 5.87. The minimum absolute atomic E-state index is 0.0833. The molecule has 0 atom stereocenters. The van der Waals surface area contributed by atoms with Crippen LogP contribution in [-0.2, 0) is 6.61 Å². The van der Waals surface area contributed by atoms with E-state index in [2.05, 4.69) is 0 Å². The van der Waals surface area contributed by atoms with E-state index in [1.54, 1.807) is 13.0 Å². The second-order valence-corrected chi connectivity index (χ2v) is 4.62. The van der Waals surface area contributed by atoms with Gasteiger partial charge in [0.05, 0.1) is 9.95 Å². The number of ether oxygens (including phenoxy) is 1. The van der Waals surface area contributed by atoms with Gasteiger partial charge in [0.15, 0.2) is 5.75 Å². The first kappa shape index (κ1) is 14.3. The molecule has 0 amide bonds. The summed E-state index contributed by atoms with van der Waals surface area (Å²) in [5.74, 6) is -0.424. The van der Waals surface area contributed by atoms with Crippen LogP contribution in [0.25, 0.3) is 0 Å². The molecule has 2 aromatic carbocycles. The van der Waals surface area contributed by atoms with Crippen LogP contribution in [0.15, 0.2) is 36.4 Å². The zero-order valence-electron chi connectivity index (χ0n) is 10.6. The fraction of sp³-hybridized carbons (Fsp3) is 0.143. The van der Waals surface area contributed by atoms with Gasteiger partial charge in [0, 0.05) is 11.6 Å². The summed E-state index contributed by atoms with van der Waals surface area (Å²) in [6.07, 6.45) is 0. The van der Waals surface area contributed by atoms with Crippen molar-refractivity contribution in [3.8, 4) is 5.75 Å². The molecule has 104 valence electrons. The molecule has 0 saturated heterocycles. The van der Waals surface area contributed by atoms with Crippen LogP contribution in [-0.4, -0.2) is 4.92 Å². The molecule has 0 bridgehead atoms. The van der Waals surface area contributed by atoms with Crippen LogP contribution in [0, 0.1) is 22.9 Å². The maximum atomic E-state index is 13.6. The standard InChI is InChI=1S/C14H11ClFNO3/c1-9-5-6-14(13(7-9)17(18)19)20-8-10-11(15)3-2-4-12(10)16/h2-7H,8H2,1H3. The molecular formula is C14H11ClFNO3. The molecule has 2 aromatic rings. The lowest BCUT2D eigenvalue weighted by Gasteiger charge is -2.09. The van der Waals surface area contributed by atoms with E-state index in [4.69, 9.17) is 16.3 Å². The predicted molar refractivity (Wildman–Crippen MR) is 73.6 cm³/mol. The van der Waals surface area contributed by atoms with E-state index < -0.39 is 10.7 Å². The van der Waals surface area contributed by atoms with Crippen molar-refractivity contribution in [3.05, 3.63) is 68.5 Å². The van der Waals surface area contributed by atoms with Crippen molar-refractivity contribution in [2.45, 2.75) is 13.5 Å². The first-order valence-electron chi connectivity index (χ1n) is 5.80. The van der Waals surface area contributed by atoms with Crippen molar-refractivity contribution in [2.75, 3.05) is 0 Å². The lowest BCUT2D eigenvalue weighted by molar-refractivity contribution is -0.386. The van der Waals surface area contributed by atoms with Crippen molar-refractivity contribution >= 4 is 17.3 Å². The topological polar surface area (TPSA) is 52.4 Å². The van der Waals surface area contributed by atoms with E-state index in [0.29, 0.717) is 0 Å². The van der Waals surface area contributed by atoms with Gasteiger partial charge >= 0.3 is 5.69 Å². The molecule has 2 rings (SSSR count). The van der Waals surface area contributed by atoms with Crippen LogP contribution in [0.5, 0.6) is 5.75 Å². The van der Waals surface area contributed by atoms with Crippen LogP contribution < -0.4 is 4.74 Å².